The van der Waals surface area contributed by atoms with Crippen LogP contribution < -0.4 is 5.32 Å². The molecule has 0 bridgehead atoms. The Morgan fingerprint density at radius 1 is 1.07 bits per heavy atom. The van der Waals surface area contributed by atoms with Crippen molar-refractivity contribution in [1.82, 2.24) is 24.8 Å². The van der Waals surface area contributed by atoms with Gasteiger partial charge >= 0.3 is 0 Å². The Hall–Kier alpha value is -2.73. The van der Waals surface area contributed by atoms with Crippen LogP contribution >= 0.6 is 12.2 Å². The monoisotopic (exact) mass is 377 g/mol. The summed E-state index contributed by atoms with van der Waals surface area (Å²) in [6.07, 6.45) is 7.57. The third kappa shape index (κ3) is 3.45. The van der Waals surface area contributed by atoms with Gasteiger partial charge in [-0.2, -0.15) is 0 Å². The highest BCUT2D eigenvalue weighted by Gasteiger charge is 2.41. The van der Waals surface area contributed by atoms with E-state index in [2.05, 4.69) is 63.0 Å². The summed E-state index contributed by atoms with van der Waals surface area (Å²) >= 11 is 5.71. The molecule has 0 unspecified atom stereocenters. The largest absolute Gasteiger partial charge is 0.352 e. The molecule has 0 aliphatic carbocycles. The van der Waals surface area contributed by atoms with E-state index in [0.29, 0.717) is 5.92 Å². The molecule has 4 heterocycles. The zero-order valence-corrected chi connectivity index (χ0v) is 16.3. The summed E-state index contributed by atoms with van der Waals surface area (Å²) in [5.41, 5.74) is 3.27. The van der Waals surface area contributed by atoms with Crippen molar-refractivity contribution in [3.63, 3.8) is 0 Å². The van der Waals surface area contributed by atoms with Crippen LogP contribution in [0.3, 0.4) is 0 Å². The van der Waals surface area contributed by atoms with E-state index in [1.165, 1.54) is 5.69 Å². The normalized spacial score (nSPS) is 19.5. The molecule has 0 aromatic carbocycles. The van der Waals surface area contributed by atoms with E-state index < -0.39 is 0 Å². The summed E-state index contributed by atoms with van der Waals surface area (Å²) < 4.78 is 2.21. The lowest BCUT2D eigenvalue weighted by Crippen LogP contribution is -2.33. The number of hydrogen-bond acceptors (Lipinski definition) is 3. The summed E-state index contributed by atoms with van der Waals surface area (Å²) in [5, 5.41) is 4.30. The predicted molar refractivity (Wildman–Crippen MR) is 111 cm³/mol. The predicted octanol–water partition coefficient (Wildman–Crippen LogP) is 3.90. The number of thiocarbonyl (C=S) groups is 1. The Morgan fingerprint density at radius 3 is 2.59 bits per heavy atom. The minimum atomic E-state index is 0.00735. The Bertz CT molecular complexity index is 907. The first-order valence-corrected chi connectivity index (χ1v) is 9.61. The van der Waals surface area contributed by atoms with E-state index in [1.54, 1.807) is 0 Å². The first kappa shape index (κ1) is 17.7. The van der Waals surface area contributed by atoms with Crippen molar-refractivity contribution >= 4 is 17.3 Å². The van der Waals surface area contributed by atoms with Crippen molar-refractivity contribution in [2.24, 2.45) is 5.92 Å². The molecule has 1 N–H and O–H groups in total. The summed E-state index contributed by atoms with van der Waals surface area (Å²) in [5.74, 6) is 0.499. The fraction of sp³-hybridized carbons (Fsp3) is 0.286. The summed E-state index contributed by atoms with van der Waals surface area (Å²) in [7, 11) is 0. The number of aromatic nitrogens is 3. The van der Waals surface area contributed by atoms with Crippen LogP contribution in [0.4, 0.5) is 0 Å². The quantitative estimate of drug-likeness (QED) is 0.684. The third-order valence-electron chi connectivity index (χ3n) is 4.78. The summed E-state index contributed by atoms with van der Waals surface area (Å²) in [6, 6.07) is 14.4. The SMILES string of the molecule is CC(C)CN1C(=S)N[C@@H](c2ccccn2)[C@@H]1c1cccn1-c1ccncc1. The van der Waals surface area contributed by atoms with E-state index in [9.17, 15) is 0 Å². The second-order valence-corrected chi connectivity index (χ2v) is 7.57. The van der Waals surface area contributed by atoms with Gasteiger partial charge in [0.25, 0.3) is 0 Å². The molecule has 0 amide bonds. The van der Waals surface area contributed by atoms with Crippen molar-refractivity contribution in [3.8, 4) is 5.69 Å². The first-order valence-electron chi connectivity index (χ1n) is 9.21. The Kier molecular flexibility index (Phi) is 4.90. The maximum absolute atomic E-state index is 5.71. The molecule has 0 radical (unpaired) electrons. The molecular weight excluding hydrogens is 354 g/mol. The number of nitrogens with one attached hydrogen (secondary N) is 1. The van der Waals surface area contributed by atoms with Gasteiger partial charge in [0.2, 0.25) is 0 Å². The average molecular weight is 378 g/mol. The fourth-order valence-electron chi connectivity index (χ4n) is 3.69. The van der Waals surface area contributed by atoms with Gasteiger partial charge in [-0.1, -0.05) is 19.9 Å². The van der Waals surface area contributed by atoms with E-state index in [1.807, 2.05) is 42.9 Å². The van der Waals surface area contributed by atoms with Gasteiger partial charge in [0.15, 0.2) is 5.11 Å². The molecule has 4 rings (SSSR count). The first-order chi connectivity index (χ1) is 13.1. The Morgan fingerprint density at radius 2 is 1.89 bits per heavy atom. The van der Waals surface area contributed by atoms with Crippen LogP contribution in [0.2, 0.25) is 0 Å². The van der Waals surface area contributed by atoms with E-state index in [-0.39, 0.29) is 12.1 Å². The lowest BCUT2D eigenvalue weighted by molar-refractivity contribution is 0.280. The van der Waals surface area contributed by atoms with Crippen molar-refractivity contribution in [2.75, 3.05) is 6.54 Å². The van der Waals surface area contributed by atoms with E-state index >= 15 is 0 Å². The van der Waals surface area contributed by atoms with Crippen LogP contribution in [-0.2, 0) is 0 Å². The van der Waals surface area contributed by atoms with Crippen LogP contribution in [0.5, 0.6) is 0 Å². The summed E-state index contributed by atoms with van der Waals surface area (Å²) in [4.78, 5) is 11.0. The molecule has 5 nitrogen and oxygen atoms in total. The Labute approximate surface area is 165 Å². The van der Waals surface area contributed by atoms with Gasteiger partial charge < -0.3 is 14.8 Å². The molecule has 3 aromatic rings. The van der Waals surface area contributed by atoms with Crippen LogP contribution in [-0.4, -0.2) is 31.1 Å². The van der Waals surface area contributed by atoms with E-state index in [0.717, 1.165) is 23.0 Å². The number of hydrogen-bond donors (Lipinski definition) is 1. The van der Waals surface area contributed by atoms with Gasteiger partial charge in [-0.05, 0) is 54.5 Å². The maximum Gasteiger partial charge on any atom is 0.170 e. The van der Waals surface area contributed by atoms with Gasteiger partial charge in [-0.3, -0.25) is 9.97 Å². The summed E-state index contributed by atoms with van der Waals surface area (Å²) in [6.45, 7) is 5.33. The van der Waals surface area contributed by atoms with Crippen molar-refractivity contribution in [1.29, 1.82) is 0 Å². The van der Waals surface area contributed by atoms with Gasteiger partial charge in [-0.25, -0.2) is 0 Å². The number of nitrogens with zero attached hydrogens (tertiary/aromatic N) is 4. The highest BCUT2D eigenvalue weighted by atomic mass is 32.1. The molecule has 1 aliphatic rings. The van der Waals surface area contributed by atoms with Gasteiger partial charge in [0, 0.05) is 42.7 Å². The maximum atomic E-state index is 5.71. The smallest absolute Gasteiger partial charge is 0.170 e. The fourth-order valence-corrected chi connectivity index (χ4v) is 4.01. The number of rotatable bonds is 5. The molecule has 2 atom stereocenters. The van der Waals surface area contributed by atoms with E-state index in [4.69, 9.17) is 12.2 Å². The Balaban J connectivity index is 1.81. The topological polar surface area (TPSA) is 46.0 Å². The molecule has 0 saturated carbocycles. The molecule has 1 aliphatic heterocycles. The van der Waals surface area contributed by atoms with Gasteiger partial charge in [0.1, 0.15) is 0 Å². The standard InChI is InChI=1S/C21H23N5S/c1-15(2)14-26-20(19(24-21(26)27)17-6-3-4-10-23-17)18-7-5-13-25(18)16-8-11-22-12-9-16/h3-13,15,19-20H,14H2,1-2H3,(H,24,27)/t19-,20-/m0/s1. The molecule has 138 valence electrons. The van der Waals surface area contributed by atoms with Crippen molar-refractivity contribution in [3.05, 3.63) is 78.6 Å². The van der Waals surface area contributed by atoms with Crippen LogP contribution in [0.15, 0.2) is 67.3 Å². The number of pyridine rings is 2. The minimum Gasteiger partial charge on any atom is -0.352 e. The molecule has 3 aromatic heterocycles. The second-order valence-electron chi connectivity index (χ2n) is 7.18. The highest BCUT2D eigenvalue weighted by molar-refractivity contribution is 7.80. The zero-order valence-electron chi connectivity index (χ0n) is 15.5. The van der Waals surface area contributed by atoms with Gasteiger partial charge in [-0.15, -0.1) is 0 Å². The highest BCUT2D eigenvalue weighted by Crippen LogP contribution is 2.39. The van der Waals surface area contributed by atoms with Crippen LogP contribution in [0.1, 0.15) is 37.3 Å². The third-order valence-corrected chi connectivity index (χ3v) is 5.14. The molecule has 27 heavy (non-hydrogen) atoms. The van der Waals surface area contributed by atoms with Crippen LogP contribution in [0, 0.1) is 5.92 Å². The molecule has 1 saturated heterocycles. The lowest BCUT2D eigenvalue weighted by Gasteiger charge is -2.30. The molecule has 1 fully saturated rings. The van der Waals surface area contributed by atoms with Crippen molar-refractivity contribution < 1.29 is 0 Å². The zero-order chi connectivity index (χ0) is 18.8. The second kappa shape index (κ2) is 7.48. The van der Waals surface area contributed by atoms with Gasteiger partial charge in [0.05, 0.1) is 17.8 Å². The minimum absolute atomic E-state index is 0.00735. The van der Waals surface area contributed by atoms with Crippen molar-refractivity contribution in [2.45, 2.75) is 25.9 Å². The van der Waals surface area contributed by atoms with Crippen LogP contribution in [0.25, 0.3) is 5.69 Å². The molecule has 0 spiro atoms. The lowest BCUT2D eigenvalue weighted by atomic mass is 10.0. The average Bonchev–Trinajstić information content (AvgIpc) is 3.28. The molecule has 6 heteroatoms. The molecular formula is C21H23N5S.